The molecule has 1 rings (SSSR count). The second-order valence-electron chi connectivity index (χ2n) is 2.49. The molecule has 0 amide bonds. The van der Waals surface area contributed by atoms with E-state index in [0.29, 0.717) is 6.67 Å². The molecule has 1 aliphatic heterocycles. The first-order chi connectivity index (χ1) is 5.25. The fourth-order valence-electron chi connectivity index (χ4n) is 1.06. The summed E-state index contributed by atoms with van der Waals surface area (Å²) in [5.74, 6) is 0.919. The summed E-state index contributed by atoms with van der Waals surface area (Å²) >= 11 is 0. The van der Waals surface area contributed by atoms with Crippen molar-refractivity contribution in [1.82, 2.24) is 16.0 Å². The smallest absolute Gasteiger partial charge is 0.122 e. The van der Waals surface area contributed by atoms with E-state index in [4.69, 9.17) is 11.5 Å². The Balaban J connectivity index is 2.61. The van der Waals surface area contributed by atoms with Crippen LogP contribution in [-0.4, -0.2) is 19.4 Å². The van der Waals surface area contributed by atoms with Crippen LogP contribution in [0.5, 0.6) is 0 Å². The van der Waals surface area contributed by atoms with Gasteiger partial charge in [0.15, 0.2) is 0 Å². The van der Waals surface area contributed by atoms with E-state index in [1.165, 1.54) is 0 Å². The first-order valence-corrected chi connectivity index (χ1v) is 3.67. The first-order valence-electron chi connectivity index (χ1n) is 3.67. The minimum Gasteiger partial charge on any atom is -0.367 e. The third-order valence-electron chi connectivity index (χ3n) is 1.55. The molecular weight excluding hydrogens is 142 g/mol. The van der Waals surface area contributed by atoms with Gasteiger partial charge in [-0.25, -0.2) is 0 Å². The zero-order valence-electron chi connectivity index (χ0n) is 6.65. The summed E-state index contributed by atoms with van der Waals surface area (Å²) in [4.78, 5) is 0. The minimum atomic E-state index is 0.0130. The summed E-state index contributed by atoms with van der Waals surface area (Å²) in [5.41, 5.74) is 12.0. The number of nitrogens with one attached hydrogen (secondary N) is 3. The van der Waals surface area contributed by atoms with Gasteiger partial charge in [0.2, 0.25) is 0 Å². The van der Waals surface area contributed by atoms with E-state index in [9.17, 15) is 0 Å². The maximum Gasteiger partial charge on any atom is 0.122 e. The van der Waals surface area contributed by atoms with Crippen LogP contribution < -0.4 is 27.4 Å². The van der Waals surface area contributed by atoms with Crippen LogP contribution in [0.1, 0.15) is 6.92 Å². The van der Waals surface area contributed by atoms with Crippen molar-refractivity contribution in [2.75, 3.05) is 13.3 Å². The molecule has 1 heterocycles. The number of hydrogen-bond donors (Lipinski definition) is 5. The van der Waals surface area contributed by atoms with Gasteiger partial charge in [-0.2, -0.15) is 0 Å². The molecule has 0 aliphatic carbocycles. The minimum absolute atomic E-state index is 0.0130. The molecule has 11 heavy (non-hydrogen) atoms. The molecule has 0 radical (unpaired) electrons. The van der Waals surface area contributed by atoms with Crippen molar-refractivity contribution in [3.63, 3.8) is 0 Å². The molecule has 64 valence electrons. The monoisotopic (exact) mass is 157 g/mol. The van der Waals surface area contributed by atoms with Crippen molar-refractivity contribution in [1.29, 1.82) is 0 Å². The molecule has 0 spiro atoms. The van der Waals surface area contributed by atoms with Crippen molar-refractivity contribution in [2.45, 2.75) is 13.0 Å². The van der Waals surface area contributed by atoms with Gasteiger partial charge in [0.05, 0.1) is 19.0 Å². The summed E-state index contributed by atoms with van der Waals surface area (Å²) in [5, 5.41) is 9.18. The molecule has 0 bridgehead atoms. The van der Waals surface area contributed by atoms with Gasteiger partial charge >= 0.3 is 0 Å². The standard InChI is InChI=1S/C6H15N5/c1-4(8)5-6(9-2-7)11-3-10-5/h4,9-11H,2-3,7-8H2,1H3. The first kappa shape index (κ1) is 8.16. The van der Waals surface area contributed by atoms with Gasteiger partial charge in [-0.05, 0) is 6.92 Å². The summed E-state index contributed by atoms with van der Waals surface area (Å²) in [7, 11) is 0. The molecule has 1 atom stereocenters. The molecule has 0 saturated heterocycles. The van der Waals surface area contributed by atoms with Crippen LogP contribution in [0.3, 0.4) is 0 Å². The Bertz CT molecular complexity index is 162. The predicted molar refractivity (Wildman–Crippen MR) is 44.0 cm³/mol. The Labute approximate surface area is 66.2 Å². The number of rotatable bonds is 3. The van der Waals surface area contributed by atoms with E-state index < -0.39 is 0 Å². The van der Waals surface area contributed by atoms with Crippen molar-refractivity contribution >= 4 is 0 Å². The second kappa shape index (κ2) is 3.45. The molecule has 0 aromatic rings. The molecule has 1 unspecified atom stereocenters. The molecule has 0 aromatic carbocycles. The van der Waals surface area contributed by atoms with Gasteiger partial charge in [-0.15, -0.1) is 0 Å². The Morgan fingerprint density at radius 3 is 2.91 bits per heavy atom. The van der Waals surface area contributed by atoms with E-state index in [2.05, 4.69) is 16.0 Å². The summed E-state index contributed by atoms with van der Waals surface area (Å²) in [6, 6.07) is 0.0130. The SMILES string of the molecule is CC(N)C1=C(NCN)NCN1. The third kappa shape index (κ3) is 1.75. The fraction of sp³-hybridized carbons (Fsp3) is 0.667. The molecule has 7 N–H and O–H groups in total. The van der Waals surface area contributed by atoms with Gasteiger partial charge in [-0.1, -0.05) is 0 Å². The van der Waals surface area contributed by atoms with Gasteiger partial charge in [0, 0.05) is 6.04 Å². The summed E-state index contributed by atoms with van der Waals surface area (Å²) < 4.78 is 0. The van der Waals surface area contributed by atoms with E-state index in [1.54, 1.807) is 0 Å². The lowest BCUT2D eigenvalue weighted by atomic mass is 10.2. The molecule has 5 heteroatoms. The lowest BCUT2D eigenvalue weighted by Gasteiger charge is -2.10. The fourth-order valence-corrected chi connectivity index (χ4v) is 1.06. The maximum atomic E-state index is 5.68. The van der Waals surface area contributed by atoms with Crippen molar-refractivity contribution < 1.29 is 0 Å². The van der Waals surface area contributed by atoms with Crippen LogP contribution in [0, 0.1) is 0 Å². The van der Waals surface area contributed by atoms with Crippen molar-refractivity contribution in [3.8, 4) is 0 Å². The third-order valence-corrected chi connectivity index (χ3v) is 1.55. The van der Waals surface area contributed by atoms with Crippen LogP contribution in [0.25, 0.3) is 0 Å². The predicted octanol–water partition coefficient (Wildman–Crippen LogP) is -1.84. The second-order valence-corrected chi connectivity index (χ2v) is 2.49. The number of hydrogen-bond acceptors (Lipinski definition) is 5. The van der Waals surface area contributed by atoms with Crippen LogP contribution in [0.4, 0.5) is 0 Å². The van der Waals surface area contributed by atoms with Crippen LogP contribution in [0.2, 0.25) is 0 Å². The van der Waals surface area contributed by atoms with Crippen molar-refractivity contribution in [3.05, 3.63) is 11.5 Å². The van der Waals surface area contributed by atoms with Crippen molar-refractivity contribution in [2.24, 2.45) is 11.5 Å². The average molecular weight is 157 g/mol. The highest BCUT2D eigenvalue weighted by Crippen LogP contribution is 2.02. The average Bonchev–Trinajstić information content (AvgIpc) is 2.36. The maximum absolute atomic E-state index is 5.68. The molecule has 0 aromatic heterocycles. The number of nitrogens with two attached hydrogens (primary N) is 2. The van der Waals surface area contributed by atoms with Gasteiger partial charge in [0.1, 0.15) is 5.82 Å². The Kier molecular flexibility index (Phi) is 2.56. The molecule has 0 fully saturated rings. The Morgan fingerprint density at radius 1 is 1.64 bits per heavy atom. The Hall–Kier alpha value is -0.940. The molecule has 5 nitrogen and oxygen atoms in total. The highest BCUT2D eigenvalue weighted by molar-refractivity contribution is 5.18. The van der Waals surface area contributed by atoms with Gasteiger partial charge in [-0.3, -0.25) is 0 Å². The lowest BCUT2D eigenvalue weighted by molar-refractivity contribution is 0.722. The largest absolute Gasteiger partial charge is 0.367 e. The molecule has 0 saturated carbocycles. The normalized spacial score (nSPS) is 19.2. The summed E-state index contributed by atoms with van der Waals surface area (Å²) in [6.07, 6.45) is 0. The zero-order chi connectivity index (χ0) is 8.27. The molecule has 1 aliphatic rings. The van der Waals surface area contributed by atoms with E-state index in [1.807, 2.05) is 6.92 Å². The summed E-state index contributed by atoms with van der Waals surface area (Å²) in [6.45, 7) is 3.06. The van der Waals surface area contributed by atoms with E-state index >= 15 is 0 Å². The van der Waals surface area contributed by atoms with E-state index in [-0.39, 0.29) is 6.04 Å². The van der Waals surface area contributed by atoms with Crippen LogP contribution >= 0.6 is 0 Å². The lowest BCUT2D eigenvalue weighted by Crippen LogP contribution is -2.31. The highest BCUT2D eigenvalue weighted by atomic mass is 15.2. The topological polar surface area (TPSA) is 88.1 Å². The van der Waals surface area contributed by atoms with E-state index in [0.717, 1.165) is 18.2 Å². The Morgan fingerprint density at radius 2 is 2.36 bits per heavy atom. The quantitative estimate of drug-likeness (QED) is 0.311. The van der Waals surface area contributed by atoms with Crippen LogP contribution in [0.15, 0.2) is 11.5 Å². The van der Waals surface area contributed by atoms with Gasteiger partial charge < -0.3 is 27.4 Å². The highest BCUT2D eigenvalue weighted by Gasteiger charge is 2.14. The van der Waals surface area contributed by atoms with Crippen LogP contribution in [-0.2, 0) is 0 Å². The van der Waals surface area contributed by atoms with Gasteiger partial charge in [0.25, 0.3) is 0 Å². The molecular formula is C6H15N5. The zero-order valence-corrected chi connectivity index (χ0v) is 6.65.